The fourth-order valence-electron chi connectivity index (χ4n) is 1.31. The van der Waals surface area contributed by atoms with Crippen LogP contribution in [0.5, 0.6) is 0 Å². The zero-order chi connectivity index (χ0) is 13.0. The highest BCUT2D eigenvalue weighted by atomic mass is 79.9. The van der Waals surface area contributed by atoms with Crippen LogP contribution in [0.3, 0.4) is 0 Å². The van der Waals surface area contributed by atoms with Crippen LogP contribution < -0.4 is 5.73 Å². The molecule has 1 rings (SSSR count). The standard InChI is InChI=1S/C10H11BrN2O4/c1-2-17-9(14)5-6-3-7(12)10(11)8(4-6)13(15)16/h3-4H,2,5,12H2,1H3. The first-order chi connectivity index (χ1) is 7.95. The van der Waals surface area contributed by atoms with Gasteiger partial charge in [0.1, 0.15) is 4.47 Å². The van der Waals surface area contributed by atoms with Crippen LogP contribution >= 0.6 is 15.9 Å². The van der Waals surface area contributed by atoms with E-state index in [1.165, 1.54) is 12.1 Å². The largest absolute Gasteiger partial charge is 0.466 e. The number of rotatable bonds is 4. The third-order valence-corrected chi connectivity index (χ3v) is 2.86. The van der Waals surface area contributed by atoms with Crippen molar-refractivity contribution in [3.63, 3.8) is 0 Å². The SMILES string of the molecule is CCOC(=O)Cc1cc(N)c(Br)c([N+](=O)[O-])c1. The Morgan fingerprint density at radius 3 is 2.76 bits per heavy atom. The Kier molecular flexibility index (Phi) is 4.45. The zero-order valence-electron chi connectivity index (χ0n) is 9.10. The minimum atomic E-state index is -0.560. The molecule has 0 aliphatic carbocycles. The van der Waals surface area contributed by atoms with E-state index in [4.69, 9.17) is 10.5 Å². The van der Waals surface area contributed by atoms with Crippen LogP contribution in [0.25, 0.3) is 0 Å². The van der Waals surface area contributed by atoms with Crippen LogP contribution in [-0.2, 0) is 16.0 Å². The van der Waals surface area contributed by atoms with E-state index in [1.54, 1.807) is 6.92 Å². The van der Waals surface area contributed by atoms with Gasteiger partial charge in [0.2, 0.25) is 0 Å². The molecule has 1 aromatic carbocycles. The number of nitrogen functional groups attached to an aromatic ring is 1. The summed E-state index contributed by atoms with van der Waals surface area (Å²) >= 11 is 3.03. The summed E-state index contributed by atoms with van der Waals surface area (Å²) in [4.78, 5) is 21.4. The molecule has 0 aromatic heterocycles. The van der Waals surface area contributed by atoms with Crippen molar-refractivity contribution in [2.45, 2.75) is 13.3 Å². The summed E-state index contributed by atoms with van der Waals surface area (Å²) in [6, 6.07) is 2.81. The lowest BCUT2D eigenvalue weighted by Crippen LogP contribution is -2.08. The lowest BCUT2D eigenvalue weighted by molar-refractivity contribution is -0.385. The van der Waals surface area contributed by atoms with E-state index in [1.807, 2.05) is 0 Å². The third-order valence-electron chi connectivity index (χ3n) is 1.99. The van der Waals surface area contributed by atoms with Gasteiger partial charge in [-0.2, -0.15) is 0 Å². The molecule has 1 aromatic rings. The minimum Gasteiger partial charge on any atom is -0.466 e. The summed E-state index contributed by atoms with van der Waals surface area (Å²) < 4.78 is 4.97. The lowest BCUT2D eigenvalue weighted by atomic mass is 10.1. The summed E-state index contributed by atoms with van der Waals surface area (Å²) in [5.41, 5.74) is 6.12. The van der Waals surface area contributed by atoms with Crippen molar-refractivity contribution in [1.82, 2.24) is 0 Å². The quantitative estimate of drug-likeness (QED) is 0.397. The number of hydrogen-bond acceptors (Lipinski definition) is 5. The molecule has 17 heavy (non-hydrogen) atoms. The topological polar surface area (TPSA) is 95.5 Å². The summed E-state index contributed by atoms with van der Waals surface area (Å²) in [7, 11) is 0. The molecule has 2 N–H and O–H groups in total. The highest BCUT2D eigenvalue weighted by Gasteiger charge is 2.17. The van der Waals surface area contributed by atoms with Crippen molar-refractivity contribution < 1.29 is 14.5 Å². The Hall–Kier alpha value is -1.63. The number of nitro benzene ring substituents is 1. The number of carbonyl (C=O) groups excluding carboxylic acids is 1. The molecule has 0 aliphatic heterocycles. The second-order valence-corrected chi connectivity index (χ2v) is 4.05. The molecule has 7 heteroatoms. The average Bonchev–Trinajstić information content (AvgIpc) is 2.23. The first-order valence-corrected chi connectivity index (χ1v) is 5.63. The molecule has 0 aliphatic rings. The van der Waals surface area contributed by atoms with Gasteiger partial charge in [-0.1, -0.05) is 0 Å². The number of esters is 1. The summed E-state index contributed by atoms with van der Waals surface area (Å²) in [6.45, 7) is 1.96. The number of halogens is 1. The molecular formula is C10H11BrN2O4. The molecule has 92 valence electrons. The van der Waals surface area contributed by atoms with Crippen LogP contribution in [0.2, 0.25) is 0 Å². The van der Waals surface area contributed by atoms with Gasteiger partial charge in [-0.05, 0) is 34.5 Å². The Balaban J connectivity index is 3.02. The molecule has 0 bridgehead atoms. The van der Waals surface area contributed by atoms with Crippen molar-refractivity contribution in [2.75, 3.05) is 12.3 Å². The molecule has 0 amide bonds. The molecule has 0 saturated heterocycles. The Labute approximate surface area is 106 Å². The fraction of sp³-hybridized carbons (Fsp3) is 0.300. The second-order valence-electron chi connectivity index (χ2n) is 3.26. The Morgan fingerprint density at radius 2 is 2.24 bits per heavy atom. The van der Waals surface area contributed by atoms with E-state index in [0.717, 1.165) is 0 Å². The number of benzene rings is 1. The van der Waals surface area contributed by atoms with E-state index in [0.29, 0.717) is 5.56 Å². The van der Waals surface area contributed by atoms with Gasteiger partial charge in [0, 0.05) is 6.07 Å². The first-order valence-electron chi connectivity index (χ1n) is 4.83. The van der Waals surface area contributed by atoms with Crippen molar-refractivity contribution in [2.24, 2.45) is 0 Å². The summed E-state index contributed by atoms with van der Waals surface area (Å²) in [6.07, 6.45) is -0.0356. The molecule has 0 saturated carbocycles. The maximum absolute atomic E-state index is 11.2. The maximum atomic E-state index is 11.2. The number of carbonyl (C=O) groups is 1. The van der Waals surface area contributed by atoms with Gasteiger partial charge in [-0.25, -0.2) is 0 Å². The van der Waals surface area contributed by atoms with E-state index in [-0.39, 0.29) is 28.9 Å². The number of nitrogens with two attached hydrogens (primary N) is 1. The van der Waals surface area contributed by atoms with Gasteiger partial charge < -0.3 is 10.5 Å². The second kappa shape index (κ2) is 5.62. The highest BCUT2D eigenvalue weighted by Crippen LogP contribution is 2.32. The predicted octanol–water partition coefficient (Wildman–Crippen LogP) is 2.05. The van der Waals surface area contributed by atoms with Gasteiger partial charge in [0.25, 0.3) is 5.69 Å². The van der Waals surface area contributed by atoms with Crippen LogP contribution in [0, 0.1) is 10.1 Å². The van der Waals surface area contributed by atoms with Gasteiger partial charge in [-0.3, -0.25) is 14.9 Å². The lowest BCUT2D eigenvalue weighted by Gasteiger charge is -2.05. The molecule has 0 radical (unpaired) electrons. The van der Waals surface area contributed by atoms with Gasteiger partial charge in [0.15, 0.2) is 0 Å². The van der Waals surface area contributed by atoms with E-state index in [9.17, 15) is 14.9 Å². The molecule has 0 atom stereocenters. The Bertz CT molecular complexity index is 462. The summed E-state index contributed by atoms with van der Waals surface area (Å²) in [5, 5.41) is 10.7. The highest BCUT2D eigenvalue weighted by molar-refractivity contribution is 9.10. The van der Waals surface area contributed by atoms with Crippen molar-refractivity contribution in [1.29, 1.82) is 0 Å². The van der Waals surface area contributed by atoms with Crippen LogP contribution in [0.15, 0.2) is 16.6 Å². The van der Waals surface area contributed by atoms with Crippen LogP contribution in [-0.4, -0.2) is 17.5 Å². The predicted molar refractivity (Wildman–Crippen MR) is 65.5 cm³/mol. The maximum Gasteiger partial charge on any atom is 0.310 e. The molecule has 0 fully saturated rings. The number of nitrogens with zero attached hydrogens (tertiary/aromatic N) is 1. The molecular weight excluding hydrogens is 292 g/mol. The number of hydrogen-bond donors (Lipinski definition) is 1. The van der Waals surface area contributed by atoms with Crippen molar-refractivity contribution >= 4 is 33.3 Å². The van der Waals surface area contributed by atoms with Crippen LogP contribution in [0.4, 0.5) is 11.4 Å². The normalized spacial score (nSPS) is 10.0. The van der Waals surface area contributed by atoms with Gasteiger partial charge in [0.05, 0.1) is 23.6 Å². The third kappa shape index (κ3) is 3.42. The summed E-state index contributed by atoms with van der Waals surface area (Å²) in [5.74, 6) is -0.441. The number of anilines is 1. The molecule has 0 unspecified atom stereocenters. The van der Waals surface area contributed by atoms with Gasteiger partial charge >= 0.3 is 5.97 Å². The molecule has 0 heterocycles. The minimum absolute atomic E-state index is 0.0356. The zero-order valence-corrected chi connectivity index (χ0v) is 10.7. The smallest absolute Gasteiger partial charge is 0.310 e. The number of ether oxygens (including phenoxy) is 1. The van der Waals surface area contributed by atoms with Gasteiger partial charge in [-0.15, -0.1) is 0 Å². The van der Waals surface area contributed by atoms with Crippen LogP contribution in [0.1, 0.15) is 12.5 Å². The Morgan fingerprint density at radius 1 is 1.59 bits per heavy atom. The number of nitro groups is 1. The van der Waals surface area contributed by atoms with E-state index < -0.39 is 10.9 Å². The first kappa shape index (κ1) is 13.4. The monoisotopic (exact) mass is 302 g/mol. The molecule has 0 spiro atoms. The average molecular weight is 303 g/mol. The van der Waals surface area contributed by atoms with E-state index in [2.05, 4.69) is 15.9 Å². The van der Waals surface area contributed by atoms with Crippen molar-refractivity contribution in [3.8, 4) is 0 Å². The molecule has 6 nitrogen and oxygen atoms in total. The van der Waals surface area contributed by atoms with Crippen molar-refractivity contribution in [3.05, 3.63) is 32.3 Å². The fourth-order valence-corrected chi connectivity index (χ4v) is 1.68. The van der Waals surface area contributed by atoms with E-state index >= 15 is 0 Å².